The van der Waals surface area contributed by atoms with Gasteiger partial charge in [-0.05, 0) is 64.2 Å². The molecular formula is C76H137NO13. The zero-order valence-corrected chi connectivity index (χ0v) is 57.1. The maximum atomic E-state index is 13.4. The average Bonchev–Trinajstić information content (AvgIpc) is 1.41. The largest absolute Gasteiger partial charge is 0.394 e. The molecule has 0 bridgehead atoms. The number of allylic oxidation sites excluding steroid dienone is 12. The number of hydrogen-bond donors (Lipinski definition) is 9. The molecule has 0 radical (unpaired) electrons. The Hall–Kier alpha value is -2.57. The molecule has 0 saturated carbocycles. The highest BCUT2D eigenvalue weighted by Crippen LogP contribution is 2.30. The lowest BCUT2D eigenvalue weighted by Gasteiger charge is -2.46. The van der Waals surface area contributed by atoms with Gasteiger partial charge in [0.2, 0.25) is 5.91 Å². The lowest BCUT2D eigenvalue weighted by atomic mass is 9.97. The quantitative estimate of drug-likeness (QED) is 0.0204. The number of unbranched alkanes of at least 4 members (excludes halogenated alkanes) is 36. The summed E-state index contributed by atoms with van der Waals surface area (Å²) < 4.78 is 22.9. The second-order valence-corrected chi connectivity index (χ2v) is 26.0. The molecule has 2 aliphatic heterocycles. The lowest BCUT2D eigenvalue weighted by Crippen LogP contribution is -2.65. The van der Waals surface area contributed by atoms with Crippen molar-refractivity contribution in [1.29, 1.82) is 0 Å². The summed E-state index contributed by atoms with van der Waals surface area (Å²) in [6.07, 6.45) is 64.9. The Kier molecular flexibility index (Phi) is 55.8. The third-order valence-corrected chi connectivity index (χ3v) is 17.9. The van der Waals surface area contributed by atoms with E-state index in [4.69, 9.17) is 18.9 Å². The summed E-state index contributed by atoms with van der Waals surface area (Å²) in [7, 11) is 0. The maximum absolute atomic E-state index is 13.4. The normalized spacial score (nSPS) is 23.3. The fourth-order valence-electron chi connectivity index (χ4n) is 12.1. The van der Waals surface area contributed by atoms with Crippen molar-refractivity contribution in [3.63, 3.8) is 0 Å². The van der Waals surface area contributed by atoms with Crippen LogP contribution in [0.1, 0.15) is 309 Å². The van der Waals surface area contributed by atoms with Gasteiger partial charge in [-0.25, -0.2) is 0 Å². The molecule has 0 spiro atoms. The molecule has 0 aromatic heterocycles. The van der Waals surface area contributed by atoms with Crippen LogP contribution >= 0.6 is 0 Å². The van der Waals surface area contributed by atoms with E-state index in [1.807, 2.05) is 0 Å². The zero-order chi connectivity index (χ0) is 65.2. The van der Waals surface area contributed by atoms with Crippen LogP contribution in [0.5, 0.6) is 0 Å². The van der Waals surface area contributed by atoms with Crippen molar-refractivity contribution in [2.75, 3.05) is 19.8 Å². The predicted molar refractivity (Wildman–Crippen MR) is 369 cm³/mol. The predicted octanol–water partition coefficient (Wildman–Crippen LogP) is 15.8. The highest BCUT2D eigenvalue weighted by molar-refractivity contribution is 5.76. The van der Waals surface area contributed by atoms with Gasteiger partial charge in [0.1, 0.15) is 48.8 Å². The van der Waals surface area contributed by atoms with Gasteiger partial charge in [0.15, 0.2) is 12.6 Å². The second kappa shape index (κ2) is 60.1. The Morgan fingerprint density at radius 2 is 0.767 bits per heavy atom. The number of hydrogen-bond acceptors (Lipinski definition) is 13. The number of carbonyl (C=O) groups is 1. The number of nitrogens with one attached hydrogen (secondary N) is 1. The summed E-state index contributed by atoms with van der Waals surface area (Å²) in [5, 5.41) is 87.7. The topological polar surface area (TPSA) is 228 Å². The number of ether oxygens (including phenoxy) is 4. The van der Waals surface area contributed by atoms with E-state index >= 15 is 0 Å². The van der Waals surface area contributed by atoms with E-state index in [0.29, 0.717) is 12.8 Å². The van der Waals surface area contributed by atoms with Crippen LogP contribution < -0.4 is 5.32 Å². The summed E-state index contributed by atoms with van der Waals surface area (Å²) in [5.74, 6) is -0.220. The van der Waals surface area contributed by atoms with E-state index in [1.54, 1.807) is 0 Å². The lowest BCUT2D eigenvalue weighted by molar-refractivity contribution is -0.359. The monoisotopic (exact) mass is 1270 g/mol. The van der Waals surface area contributed by atoms with Crippen molar-refractivity contribution < 1.29 is 64.6 Å². The van der Waals surface area contributed by atoms with E-state index in [0.717, 1.165) is 103 Å². The Morgan fingerprint density at radius 1 is 0.411 bits per heavy atom. The van der Waals surface area contributed by atoms with Gasteiger partial charge in [0.25, 0.3) is 0 Å². The molecule has 2 aliphatic rings. The first-order valence-electron chi connectivity index (χ1n) is 37.2. The molecule has 0 aliphatic carbocycles. The number of aliphatic hydroxyl groups excluding tert-OH is 8. The highest BCUT2D eigenvalue weighted by Gasteiger charge is 2.51. The molecule has 9 N–H and O–H groups in total. The fourth-order valence-corrected chi connectivity index (χ4v) is 12.1. The van der Waals surface area contributed by atoms with Gasteiger partial charge in [-0.3, -0.25) is 4.79 Å². The molecule has 14 heteroatoms. The first-order valence-corrected chi connectivity index (χ1v) is 37.2. The number of rotatable bonds is 61. The molecule has 14 nitrogen and oxygen atoms in total. The molecule has 0 aromatic carbocycles. The number of aliphatic hydroxyl groups is 8. The minimum absolute atomic E-state index is 0.220. The summed E-state index contributed by atoms with van der Waals surface area (Å²) in [6, 6.07) is -0.844. The smallest absolute Gasteiger partial charge is 0.220 e. The molecule has 2 fully saturated rings. The second-order valence-electron chi connectivity index (χ2n) is 26.0. The summed E-state index contributed by atoms with van der Waals surface area (Å²) >= 11 is 0. The molecule has 524 valence electrons. The SMILES string of the molecule is CC/C=C\C/C=C\C/C=C\C/C=C\C/C=C\C/C=C\CCCCCCCCC(=O)NC(COC1OC(CO)C(OC2OC(CO)C(O)C(O)C2O)C(O)C1O)C(O)CCCCCCCCCCCCCCCCCCCCCCCCCCCCCCCCC. The molecule has 90 heavy (non-hydrogen) atoms. The molecule has 12 unspecified atom stereocenters. The molecule has 1 amide bonds. The zero-order valence-electron chi connectivity index (χ0n) is 57.1. The fraction of sp³-hybridized carbons (Fsp3) is 0.829. The third kappa shape index (κ3) is 43.4. The summed E-state index contributed by atoms with van der Waals surface area (Å²) in [5.41, 5.74) is 0. The van der Waals surface area contributed by atoms with Crippen LogP contribution in [0.3, 0.4) is 0 Å². The van der Waals surface area contributed by atoms with E-state index in [2.05, 4.69) is 92.1 Å². The Labute approximate surface area is 548 Å². The van der Waals surface area contributed by atoms with Crippen molar-refractivity contribution in [2.45, 2.75) is 383 Å². The Morgan fingerprint density at radius 3 is 1.18 bits per heavy atom. The molecule has 12 atom stereocenters. The molecule has 2 rings (SSSR count). The van der Waals surface area contributed by atoms with E-state index in [-0.39, 0.29) is 18.9 Å². The van der Waals surface area contributed by atoms with Gasteiger partial charge < -0.3 is 65.1 Å². The van der Waals surface area contributed by atoms with Gasteiger partial charge in [0.05, 0.1) is 32.0 Å². The minimum atomic E-state index is -1.79. The molecule has 2 saturated heterocycles. The van der Waals surface area contributed by atoms with Crippen LogP contribution in [-0.4, -0.2) is 140 Å². The molecule has 0 aromatic rings. The van der Waals surface area contributed by atoms with Gasteiger partial charge >= 0.3 is 0 Å². The number of amides is 1. The van der Waals surface area contributed by atoms with Crippen LogP contribution in [0.15, 0.2) is 72.9 Å². The minimum Gasteiger partial charge on any atom is -0.394 e. The highest BCUT2D eigenvalue weighted by atomic mass is 16.7. The Balaban J connectivity index is 1.65. The van der Waals surface area contributed by atoms with E-state index in [9.17, 15) is 45.6 Å². The van der Waals surface area contributed by atoms with Crippen LogP contribution in [0, 0.1) is 0 Å². The van der Waals surface area contributed by atoms with Crippen molar-refractivity contribution in [3.05, 3.63) is 72.9 Å². The van der Waals surface area contributed by atoms with Crippen molar-refractivity contribution >= 4 is 5.91 Å². The number of carbonyl (C=O) groups excluding carboxylic acids is 1. The van der Waals surface area contributed by atoms with Gasteiger partial charge in [-0.15, -0.1) is 0 Å². The van der Waals surface area contributed by atoms with Gasteiger partial charge in [-0.2, -0.15) is 0 Å². The van der Waals surface area contributed by atoms with Crippen LogP contribution in [0.2, 0.25) is 0 Å². The first-order chi connectivity index (χ1) is 44.1. The van der Waals surface area contributed by atoms with E-state index < -0.39 is 86.8 Å². The van der Waals surface area contributed by atoms with Crippen molar-refractivity contribution in [1.82, 2.24) is 5.32 Å². The summed E-state index contributed by atoms with van der Waals surface area (Å²) in [6.45, 7) is 2.77. The van der Waals surface area contributed by atoms with Crippen molar-refractivity contribution in [2.24, 2.45) is 0 Å². The average molecular weight is 1270 g/mol. The van der Waals surface area contributed by atoms with Crippen LogP contribution in [-0.2, 0) is 23.7 Å². The van der Waals surface area contributed by atoms with Crippen LogP contribution in [0.25, 0.3) is 0 Å². The van der Waals surface area contributed by atoms with Crippen LogP contribution in [0.4, 0.5) is 0 Å². The van der Waals surface area contributed by atoms with Gasteiger partial charge in [-0.1, -0.05) is 311 Å². The summed E-state index contributed by atoms with van der Waals surface area (Å²) in [4.78, 5) is 13.4. The van der Waals surface area contributed by atoms with Crippen molar-refractivity contribution in [3.8, 4) is 0 Å². The Bertz CT molecular complexity index is 1790. The maximum Gasteiger partial charge on any atom is 0.220 e. The standard InChI is InChI=1S/C76H137NO13/c1-3-5-7-9-11-13-15-17-19-21-23-25-27-29-30-31-32-33-34-36-37-39-41-43-45-47-49-51-53-55-57-59-65(80)64(63-87-75-73(86)71(84)74(67(62-79)89-75)90-76-72(85)70(83)69(82)66(61-78)88-76)77-68(81)60-58-56-54-52-50-48-46-44-42-40-38-35-28-26-24-22-20-18-16-14-12-10-8-6-4-2/h6,8,12,14,18,20,24,26,35,38,42,44,64-67,69-76,78-80,82-86H,3-5,7,9-11,13,15-17,19,21-23,25,27-34,36-37,39-41,43,45-63H2,1-2H3,(H,77,81)/b8-6-,14-12-,20-18-,26-24-,38-35-,44-42-. The third-order valence-electron chi connectivity index (χ3n) is 17.9. The van der Waals surface area contributed by atoms with E-state index in [1.165, 1.54) is 173 Å². The molecular weight excluding hydrogens is 1130 g/mol. The van der Waals surface area contributed by atoms with Gasteiger partial charge in [0, 0.05) is 6.42 Å². The first kappa shape index (κ1) is 83.5. The molecule has 2 heterocycles.